The molecule has 0 aliphatic carbocycles. The molecule has 1 saturated heterocycles. The third kappa shape index (κ3) is 4.68. The molecule has 3 aromatic rings. The Morgan fingerprint density at radius 3 is 2.18 bits per heavy atom. The maximum atomic E-state index is 12.7. The molecule has 34 heavy (non-hydrogen) atoms. The highest BCUT2D eigenvalue weighted by Gasteiger charge is 2.56. The van der Waals surface area contributed by atoms with E-state index in [4.69, 9.17) is 14.2 Å². The molecule has 10 heteroatoms. The molecule has 0 spiro atoms. The van der Waals surface area contributed by atoms with Crippen molar-refractivity contribution in [1.29, 1.82) is 0 Å². The third-order valence-corrected chi connectivity index (χ3v) is 5.45. The number of nitrogens with one attached hydrogen (secondary N) is 1. The Bertz CT molecular complexity index is 1280. The summed E-state index contributed by atoms with van der Waals surface area (Å²) in [4.78, 5) is 51.0. The highest BCUT2D eigenvalue weighted by Crippen LogP contribution is 2.39. The topological polar surface area (TPSA) is 137 Å². The lowest BCUT2D eigenvalue weighted by atomic mass is 9.96. The van der Waals surface area contributed by atoms with Crippen LogP contribution in [0.4, 0.5) is 0 Å². The quantitative estimate of drug-likeness (QED) is 0.518. The Morgan fingerprint density at radius 1 is 1.00 bits per heavy atom. The average molecular weight is 466 g/mol. The van der Waals surface area contributed by atoms with Gasteiger partial charge in [-0.15, -0.1) is 0 Å². The van der Waals surface area contributed by atoms with Gasteiger partial charge in [-0.05, 0) is 31.2 Å². The fraction of sp³-hybridized carbons (Fsp3) is 0.250. The largest absolute Gasteiger partial charge is 0.459 e. The number of hydrogen-bond acceptors (Lipinski definition) is 8. The Hall–Kier alpha value is -4.02. The number of esters is 2. The second-order valence-corrected chi connectivity index (χ2v) is 7.93. The van der Waals surface area contributed by atoms with Crippen molar-refractivity contribution in [3.8, 4) is 0 Å². The SMILES string of the molecule is C[C@@]1(O)C(n2ccc(=O)[nH]c2=O)O[C@H](COC(=O)c2ccccc2)[C@H]1OC(=O)c1ccccc1. The van der Waals surface area contributed by atoms with Crippen molar-refractivity contribution in [3.63, 3.8) is 0 Å². The molecule has 0 saturated carbocycles. The molecule has 0 radical (unpaired) electrons. The zero-order valence-electron chi connectivity index (χ0n) is 18.1. The van der Waals surface area contributed by atoms with Gasteiger partial charge in [0.2, 0.25) is 0 Å². The number of aliphatic hydroxyl groups is 1. The van der Waals surface area contributed by atoms with E-state index in [1.165, 1.54) is 6.92 Å². The summed E-state index contributed by atoms with van der Waals surface area (Å²) in [6.45, 7) is 0.961. The van der Waals surface area contributed by atoms with Gasteiger partial charge in [-0.2, -0.15) is 0 Å². The summed E-state index contributed by atoms with van der Waals surface area (Å²) in [5.41, 5.74) is -2.83. The van der Waals surface area contributed by atoms with Crippen LogP contribution < -0.4 is 11.2 Å². The van der Waals surface area contributed by atoms with Crippen LogP contribution in [-0.2, 0) is 14.2 Å². The van der Waals surface area contributed by atoms with Crippen molar-refractivity contribution in [1.82, 2.24) is 9.55 Å². The monoisotopic (exact) mass is 466 g/mol. The normalized spacial score (nSPS) is 23.9. The van der Waals surface area contributed by atoms with E-state index in [9.17, 15) is 24.3 Å². The second kappa shape index (κ2) is 9.46. The summed E-state index contributed by atoms with van der Waals surface area (Å²) in [5, 5.41) is 11.3. The summed E-state index contributed by atoms with van der Waals surface area (Å²) in [6.07, 6.45) is -2.60. The number of hydrogen-bond donors (Lipinski definition) is 2. The summed E-state index contributed by atoms with van der Waals surface area (Å²) < 4.78 is 17.8. The first-order chi connectivity index (χ1) is 16.3. The smallest absolute Gasteiger partial charge is 0.338 e. The molecule has 1 aliphatic rings. The molecule has 1 aliphatic heterocycles. The number of carbonyl (C=O) groups is 2. The first kappa shape index (κ1) is 23.1. The molecule has 0 bridgehead atoms. The number of aromatic nitrogens is 2. The average Bonchev–Trinajstić information content (AvgIpc) is 3.08. The van der Waals surface area contributed by atoms with Crippen molar-refractivity contribution >= 4 is 11.9 Å². The summed E-state index contributed by atoms with van der Waals surface area (Å²) in [7, 11) is 0. The predicted molar refractivity (Wildman–Crippen MR) is 118 cm³/mol. The number of rotatable bonds is 6. The number of ether oxygens (including phenoxy) is 3. The molecule has 2 N–H and O–H groups in total. The molecule has 1 aromatic heterocycles. The Balaban J connectivity index is 1.62. The highest BCUT2D eigenvalue weighted by molar-refractivity contribution is 5.90. The maximum Gasteiger partial charge on any atom is 0.338 e. The van der Waals surface area contributed by atoms with E-state index >= 15 is 0 Å². The van der Waals surface area contributed by atoms with Crippen LogP contribution in [0.15, 0.2) is 82.5 Å². The van der Waals surface area contributed by atoms with Gasteiger partial charge in [0.15, 0.2) is 12.3 Å². The van der Waals surface area contributed by atoms with Crippen LogP contribution in [0.2, 0.25) is 0 Å². The van der Waals surface area contributed by atoms with E-state index in [0.717, 1.165) is 16.8 Å². The van der Waals surface area contributed by atoms with E-state index in [1.54, 1.807) is 60.7 Å². The van der Waals surface area contributed by atoms with Crippen molar-refractivity contribution in [3.05, 3.63) is 105 Å². The van der Waals surface area contributed by atoms with Gasteiger partial charge in [-0.1, -0.05) is 36.4 Å². The second-order valence-electron chi connectivity index (χ2n) is 7.93. The number of nitrogens with zero attached hydrogens (tertiary/aromatic N) is 1. The van der Waals surface area contributed by atoms with E-state index in [1.807, 2.05) is 0 Å². The lowest BCUT2D eigenvalue weighted by Crippen LogP contribution is -2.49. The molecule has 4 rings (SSSR count). The van der Waals surface area contributed by atoms with Gasteiger partial charge >= 0.3 is 17.6 Å². The summed E-state index contributed by atoms with van der Waals surface area (Å²) in [6, 6.07) is 17.5. The third-order valence-electron chi connectivity index (χ3n) is 5.45. The van der Waals surface area contributed by atoms with Gasteiger partial charge in [-0.25, -0.2) is 14.4 Å². The predicted octanol–water partition coefficient (Wildman–Crippen LogP) is 1.27. The Labute approximate surface area is 193 Å². The molecule has 2 heterocycles. The molecule has 10 nitrogen and oxygen atoms in total. The molecule has 4 atom stereocenters. The van der Waals surface area contributed by atoms with Gasteiger partial charge in [0.05, 0.1) is 11.1 Å². The van der Waals surface area contributed by atoms with Crippen LogP contribution >= 0.6 is 0 Å². The van der Waals surface area contributed by atoms with Gasteiger partial charge in [-0.3, -0.25) is 14.3 Å². The molecule has 1 unspecified atom stereocenters. The highest BCUT2D eigenvalue weighted by atomic mass is 16.6. The number of H-pyrrole nitrogens is 1. The minimum absolute atomic E-state index is 0.239. The van der Waals surface area contributed by atoms with Crippen molar-refractivity contribution < 1.29 is 28.9 Å². The molecule has 2 aromatic carbocycles. The lowest BCUT2D eigenvalue weighted by molar-refractivity contribution is -0.101. The number of carbonyl (C=O) groups excluding carboxylic acids is 2. The van der Waals surface area contributed by atoms with Crippen LogP contribution in [-0.4, -0.2) is 51.0 Å². The van der Waals surface area contributed by atoms with E-state index in [2.05, 4.69) is 4.98 Å². The van der Waals surface area contributed by atoms with Crippen LogP contribution in [0.3, 0.4) is 0 Å². The van der Waals surface area contributed by atoms with Gasteiger partial charge in [0.1, 0.15) is 18.3 Å². The van der Waals surface area contributed by atoms with E-state index < -0.39 is 47.2 Å². The minimum atomic E-state index is -1.92. The van der Waals surface area contributed by atoms with Crippen LogP contribution in [0.1, 0.15) is 33.9 Å². The van der Waals surface area contributed by atoms with E-state index in [-0.39, 0.29) is 12.2 Å². The van der Waals surface area contributed by atoms with E-state index in [0.29, 0.717) is 5.56 Å². The van der Waals surface area contributed by atoms with Gasteiger partial charge in [0.25, 0.3) is 5.56 Å². The molecular weight excluding hydrogens is 444 g/mol. The zero-order chi connectivity index (χ0) is 24.3. The molecule has 176 valence electrons. The first-order valence-electron chi connectivity index (χ1n) is 10.4. The first-order valence-corrected chi connectivity index (χ1v) is 10.4. The minimum Gasteiger partial charge on any atom is -0.459 e. The number of benzene rings is 2. The molecule has 0 amide bonds. The van der Waals surface area contributed by atoms with Crippen LogP contribution in [0.5, 0.6) is 0 Å². The maximum absolute atomic E-state index is 12.7. The fourth-order valence-electron chi connectivity index (χ4n) is 3.75. The Kier molecular flexibility index (Phi) is 6.44. The lowest BCUT2D eigenvalue weighted by Gasteiger charge is -2.30. The fourth-order valence-corrected chi connectivity index (χ4v) is 3.75. The zero-order valence-corrected chi connectivity index (χ0v) is 18.1. The van der Waals surface area contributed by atoms with Gasteiger partial charge < -0.3 is 19.3 Å². The summed E-state index contributed by atoms with van der Waals surface area (Å²) >= 11 is 0. The number of aromatic amines is 1. The standard InChI is InChI=1S/C24H22N2O8/c1-24(31)19(34-21(29)16-10-6-3-7-11-16)17(14-32-20(28)15-8-4-2-5-9-15)33-22(24)26-13-12-18(27)25-23(26)30/h2-13,17,19,22,31H,14H2,1H3,(H,25,27,30)/t17-,19-,22?,24+/m1/s1. The van der Waals surface area contributed by atoms with Crippen molar-refractivity contribution in [2.45, 2.75) is 31.0 Å². The van der Waals surface area contributed by atoms with Crippen molar-refractivity contribution in [2.24, 2.45) is 0 Å². The Morgan fingerprint density at radius 2 is 1.59 bits per heavy atom. The summed E-state index contributed by atoms with van der Waals surface area (Å²) in [5.74, 6) is -1.37. The molecular formula is C24H22N2O8. The van der Waals surface area contributed by atoms with Crippen LogP contribution in [0, 0.1) is 0 Å². The molecule has 1 fully saturated rings. The van der Waals surface area contributed by atoms with Crippen LogP contribution in [0.25, 0.3) is 0 Å². The van der Waals surface area contributed by atoms with Gasteiger partial charge in [0, 0.05) is 12.3 Å². The van der Waals surface area contributed by atoms with Crippen molar-refractivity contribution in [2.75, 3.05) is 6.61 Å².